The molecule has 0 fully saturated rings. The van der Waals surface area contributed by atoms with E-state index >= 15 is 0 Å². The largest absolute Gasteiger partial charge is 0.452 e. The van der Waals surface area contributed by atoms with E-state index in [9.17, 15) is 14.4 Å². The van der Waals surface area contributed by atoms with E-state index in [2.05, 4.69) is 10.6 Å². The molecule has 0 aliphatic carbocycles. The highest BCUT2D eigenvalue weighted by atomic mass is 35.5. The van der Waals surface area contributed by atoms with Crippen molar-refractivity contribution in [1.82, 2.24) is 10.6 Å². The maximum Gasteiger partial charge on any atom is 0.341 e. The zero-order chi connectivity index (χ0) is 15.1. The number of likely N-dealkylation sites (N-methyl/N-ethyl adjacent to an activating group) is 1. The monoisotopic (exact) mass is 318 g/mol. The number of rotatable bonds is 5. The van der Waals surface area contributed by atoms with Gasteiger partial charge in [0.25, 0.3) is 5.91 Å². The van der Waals surface area contributed by atoms with Gasteiger partial charge in [0.15, 0.2) is 6.61 Å². The number of amides is 2. The van der Waals surface area contributed by atoms with Gasteiger partial charge in [0, 0.05) is 7.05 Å². The Morgan fingerprint density at radius 3 is 2.30 bits per heavy atom. The number of halogens is 2. The lowest BCUT2D eigenvalue weighted by Crippen LogP contribution is -2.37. The summed E-state index contributed by atoms with van der Waals surface area (Å²) in [6.07, 6.45) is 0. The van der Waals surface area contributed by atoms with Gasteiger partial charge in [-0.2, -0.15) is 0 Å². The molecule has 0 aromatic heterocycles. The molecule has 0 aliphatic rings. The molecule has 0 saturated heterocycles. The van der Waals surface area contributed by atoms with Crippen molar-refractivity contribution in [3.8, 4) is 0 Å². The molecule has 1 rings (SSSR count). The summed E-state index contributed by atoms with van der Waals surface area (Å²) in [6.45, 7) is -0.725. The van der Waals surface area contributed by atoms with Crippen molar-refractivity contribution in [2.75, 3.05) is 20.2 Å². The summed E-state index contributed by atoms with van der Waals surface area (Å²) in [4.78, 5) is 34.0. The summed E-state index contributed by atoms with van der Waals surface area (Å²) in [6, 6.07) is 4.54. The molecule has 0 bridgehead atoms. The number of hydrogen-bond acceptors (Lipinski definition) is 4. The maximum absolute atomic E-state index is 11.7. The predicted molar refractivity (Wildman–Crippen MR) is 73.8 cm³/mol. The highest BCUT2D eigenvalue weighted by Gasteiger charge is 2.17. The summed E-state index contributed by atoms with van der Waals surface area (Å²) in [5.41, 5.74) is -0.00469. The van der Waals surface area contributed by atoms with E-state index in [0.29, 0.717) is 0 Å². The number of carbonyl (C=O) groups excluding carboxylic acids is 3. The van der Waals surface area contributed by atoms with Crippen LogP contribution in [0.4, 0.5) is 0 Å². The van der Waals surface area contributed by atoms with Crippen molar-refractivity contribution < 1.29 is 19.1 Å². The normalized spacial score (nSPS) is 9.75. The summed E-state index contributed by atoms with van der Waals surface area (Å²) in [5.74, 6) is -1.78. The van der Waals surface area contributed by atoms with Crippen molar-refractivity contribution in [3.63, 3.8) is 0 Å². The van der Waals surface area contributed by atoms with E-state index in [4.69, 9.17) is 27.9 Å². The summed E-state index contributed by atoms with van der Waals surface area (Å²) >= 11 is 11.6. The second kappa shape index (κ2) is 7.72. The zero-order valence-corrected chi connectivity index (χ0v) is 12.0. The molecule has 2 amide bonds. The molecule has 0 radical (unpaired) electrons. The van der Waals surface area contributed by atoms with Crippen LogP contribution in [0.5, 0.6) is 0 Å². The SMILES string of the molecule is CNC(=O)CNC(=O)COC(=O)c1c(Cl)cccc1Cl. The fourth-order valence-corrected chi connectivity index (χ4v) is 1.77. The van der Waals surface area contributed by atoms with Gasteiger partial charge in [-0.05, 0) is 12.1 Å². The van der Waals surface area contributed by atoms with Crippen molar-refractivity contribution in [3.05, 3.63) is 33.8 Å². The minimum atomic E-state index is -0.810. The van der Waals surface area contributed by atoms with Gasteiger partial charge in [-0.1, -0.05) is 29.3 Å². The van der Waals surface area contributed by atoms with E-state index in [1.807, 2.05) is 0 Å². The number of benzene rings is 1. The average Bonchev–Trinajstić information content (AvgIpc) is 2.42. The summed E-state index contributed by atoms with van der Waals surface area (Å²) < 4.78 is 4.77. The number of carbonyl (C=O) groups is 3. The fraction of sp³-hybridized carbons (Fsp3) is 0.250. The first-order chi connectivity index (χ1) is 9.45. The third kappa shape index (κ3) is 4.71. The summed E-state index contributed by atoms with van der Waals surface area (Å²) in [5, 5.41) is 4.87. The molecule has 1 aromatic carbocycles. The Balaban J connectivity index is 2.51. The number of nitrogens with one attached hydrogen (secondary N) is 2. The highest BCUT2D eigenvalue weighted by Crippen LogP contribution is 2.24. The van der Waals surface area contributed by atoms with Gasteiger partial charge in [0.2, 0.25) is 5.91 Å². The Labute approximate surface area is 125 Å². The van der Waals surface area contributed by atoms with Gasteiger partial charge in [0.05, 0.1) is 22.2 Å². The molecule has 0 unspecified atom stereocenters. The fourth-order valence-electron chi connectivity index (χ4n) is 1.21. The molecular weight excluding hydrogens is 307 g/mol. The molecule has 0 heterocycles. The molecule has 1 aromatic rings. The van der Waals surface area contributed by atoms with Gasteiger partial charge in [-0.15, -0.1) is 0 Å². The molecule has 108 valence electrons. The first-order valence-electron chi connectivity index (χ1n) is 5.54. The molecule has 20 heavy (non-hydrogen) atoms. The topological polar surface area (TPSA) is 84.5 Å². The van der Waals surface area contributed by atoms with Crippen LogP contribution in [0.1, 0.15) is 10.4 Å². The van der Waals surface area contributed by atoms with Crippen LogP contribution in [-0.4, -0.2) is 38.0 Å². The minimum Gasteiger partial charge on any atom is -0.452 e. The van der Waals surface area contributed by atoms with Crippen LogP contribution in [0.3, 0.4) is 0 Å². The standard InChI is InChI=1S/C12H12Cl2N2O4/c1-15-9(17)5-16-10(18)6-20-12(19)11-7(13)3-2-4-8(11)14/h2-4H,5-6H2,1H3,(H,15,17)(H,16,18). The molecule has 0 atom stereocenters. The number of hydrogen-bond donors (Lipinski definition) is 2. The van der Waals surface area contributed by atoms with E-state index < -0.39 is 18.5 Å². The third-order valence-corrected chi connectivity index (χ3v) is 2.86. The lowest BCUT2D eigenvalue weighted by Gasteiger charge is -2.08. The highest BCUT2D eigenvalue weighted by molar-refractivity contribution is 6.39. The third-order valence-electron chi connectivity index (χ3n) is 2.23. The van der Waals surface area contributed by atoms with Gasteiger partial charge in [-0.25, -0.2) is 4.79 Å². The number of esters is 1. The Morgan fingerprint density at radius 2 is 1.75 bits per heavy atom. The Morgan fingerprint density at radius 1 is 1.15 bits per heavy atom. The first-order valence-corrected chi connectivity index (χ1v) is 6.29. The molecule has 0 aliphatic heterocycles. The van der Waals surface area contributed by atoms with Crippen LogP contribution in [0.25, 0.3) is 0 Å². The predicted octanol–water partition coefficient (Wildman–Crippen LogP) is 1.01. The van der Waals surface area contributed by atoms with Crippen LogP contribution >= 0.6 is 23.2 Å². The maximum atomic E-state index is 11.7. The van der Waals surface area contributed by atoms with E-state index in [1.54, 1.807) is 6.07 Å². The quantitative estimate of drug-likeness (QED) is 0.794. The van der Waals surface area contributed by atoms with Crippen molar-refractivity contribution in [2.45, 2.75) is 0 Å². The van der Waals surface area contributed by atoms with Crippen LogP contribution in [-0.2, 0) is 14.3 Å². The second-order valence-corrected chi connectivity index (χ2v) is 4.44. The van der Waals surface area contributed by atoms with Gasteiger partial charge in [-0.3, -0.25) is 9.59 Å². The smallest absolute Gasteiger partial charge is 0.341 e. The Hall–Kier alpha value is -1.79. The van der Waals surface area contributed by atoms with E-state index in [-0.39, 0.29) is 28.1 Å². The van der Waals surface area contributed by atoms with Crippen molar-refractivity contribution in [2.24, 2.45) is 0 Å². The molecule has 6 nitrogen and oxygen atoms in total. The molecule has 8 heteroatoms. The summed E-state index contributed by atoms with van der Waals surface area (Å²) in [7, 11) is 1.44. The lowest BCUT2D eigenvalue weighted by molar-refractivity contribution is -0.127. The van der Waals surface area contributed by atoms with Gasteiger partial charge in [0.1, 0.15) is 0 Å². The van der Waals surface area contributed by atoms with E-state index in [1.165, 1.54) is 19.2 Å². The van der Waals surface area contributed by atoms with Crippen LogP contribution < -0.4 is 10.6 Å². The molecule has 0 saturated carbocycles. The molecule has 0 spiro atoms. The van der Waals surface area contributed by atoms with Gasteiger partial charge >= 0.3 is 5.97 Å². The zero-order valence-electron chi connectivity index (χ0n) is 10.5. The van der Waals surface area contributed by atoms with Crippen molar-refractivity contribution >= 4 is 41.0 Å². The van der Waals surface area contributed by atoms with Crippen LogP contribution in [0, 0.1) is 0 Å². The van der Waals surface area contributed by atoms with Crippen LogP contribution in [0.15, 0.2) is 18.2 Å². The Bertz CT molecular complexity index is 514. The average molecular weight is 319 g/mol. The first kappa shape index (κ1) is 16.3. The van der Waals surface area contributed by atoms with Crippen LogP contribution in [0.2, 0.25) is 10.0 Å². The van der Waals surface area contributed by atoms with Gasteiger partial charge < -0.3 is 15.4 Å². The lowest BCUT2D eigenvalue weighted by atomic mass is 10.2. The van der Waals surface area contributed by atoms with E-state index in [0.717, 1.165) is 0 Å². The Kier molecular flexibility index (Phi) is 6.27. The molecular formula is C12H12Cl2N2O4. The van der Waals surface area contributed by atoms with Crippen molar-refractivity contribution in [1.29, 1.82) is 0 Å². The second-order valence-electron chi connectivity index (χ2n) is 3.62. The number of ether oxygens (including phenoxy) is 1. The molecule has 2 N–H and O–H groups in total. The minimum absolute atomic E-state index is 0.00469.